The van der Waals surface area contributed by atoms with Crippen LogP contribution < -0.4 is 5.32 Å². The highest BCUT2D eigenvalue weighted by molar-refractivity contribution is 6.05. The van der Waals surface area contributed by atoms with E-state index < -0.39 is 0 Å². The Morgan fingerprint density at radius 1 is 1.33 bits per heavy atom. The van der Waals surface area contributed by atoms with Gasteiger partial charge in [-0.05, 0) is 13.0 Å². The number of carbonyl (C=O) groups is 2. The summed E-state index contributed by atoms with van der Waals surface area (Å²) < 4.78 is 0. The molecule has 80 valence electrons. The summed E-state index contributed by atoms with van der Waals surface area (Å²) in [5.74, 6) is -0.298. The Morgan fingerprint density at radius 2 is 2.00 bits per heavy atom. The van der Waals surface area contributed by atoms with E-state index in [1.54, 1.807) is 18.2 Å². The molecule has 0 aromatic rings. The molecule has 0 saturated carbocycles. The van der Waals surface area contributed by atoms with Gasteiger partial charge in [0.05, 0.1) is 0 Å². The zero-order valence-electron chi connectivity index (χ0n) is 8.99. The van der Waals surface area contributed by atoms with Gasteiger partial charge < -0.3 is 5.32 Å². The van der Waals surface area contributed by atoms with Gasteiger partial charge in [-0.3, -0.25) is 9.59 Å². The molecule has 3 heteroatoms. The van der Waals surface area contributed by atoms with Gasteiger partial charge in [-0.1, -0.05) is 30.9 Å². The lowest BCUT2D eigenvalue weighted by Crippen LogP contribution is -2.21. The second-order valence-electron chi connectivity index (χ2n) is 2.66. The number of aldehydes is 1. The van der Waals surface area contributed by atoms with Crippen LogP contribution in [0.2, 0.25) is 0 Å². The van der Waals surface area contributed by atoms with Gasteiger partial charge in [0.25, 0.3) is 5.91 Å². The molecule has 1 amide bonds. The first-order valence-electron chi connectivity index (χ1n) is 4.54. The van der Waals surface area contributed by atoms with Crippen molar-refractivity contribution in [2.45, 2.75) is 6.92 Å². The van der Waals surface area contributed by atoms with Gasteiger partial charge >= 0.3 is 0 Å². The fourth-order valence-electron chi connectivity index (χ4n) is 0.950. The fourth-order valence-corrected chi connectivity index (χ4v) is 0.950. The third kappa shape index (κ3) is 4.22. The SMILES string of the molecule is C=C\C=C(C=O)/C(=C\C=C/C)C(=O)NC. The first-order valence-corrected chi connectivity index (χ1v) is 4.54. The van der Waals surface area contributed by atoms with Gasteiger partial charge in [-0.2, -0.15) is 0 Å². The maximum atomic E-state index is 11.4. The molecule has 0 bridgehead atoms. The van der Waals surface area contributed by atoms with E-state index >= 15 is 0 Å². The highest BCUT2D eigenvalue weighted by atomic mass is 16.1. The molecule has 0 unspecified atom stereocenters. The monoisotopic (exact) mass is 205 g/mol. The Kier molecular flexibility index (Phi) is 6.55. The number of hydrogen-bond donors (Lipinski definition) is 1. The van der Waals surface area contributed by atoms with Crippen molar-refractivity contribution in [2.24, 2.45) is 0 Å². The van der Waals surface area contributed by atoms with Crippen molar-refractivity contribution in [3.05, 3.63) is 48.1 Å². The molecule has 1 N–H and O–H groups in total. The average Bonchev–Trinajstić information content (AvgIpc) is 2.27. The predicted octanol–water partition coefficient (Wildman–Crippen LogP) is 1.55. The maximum Gasteiger partial charge on any atom is 0.251 e. The van der Waals surface area contributed by atoms with Crippen LogP contribution in [0.15, 0.2) is 48.1 Å². The molecular weight excluding hydrogens is 190 g/mol. The Bertz CT molecular complexity index is 336. The predicted molar refractivity (Wildman–Crippen MR) is 61.3 cm³/mol. The van der Waals surface area contributed by atoms with Gasteiger partial charge in [0.1, 0.15) is 0 Å². The summed E-state index contributed by atoms with van der Waals surface area (Å²) >= 11 is 0. The van der Waals surface area contributed by atoms with E-state index in [9.17, 15) is 9.59 Å². The lowest BCUT2D eigenvalue weighted by Gasteiger charge is -2.03. The minimum Gasteiger partial charge on any atom is -0.355 e. The Labute approximate surface area is 89.9 Å². The van der Waals surface area contributed by atoms with Crippen molar-refractivity contribution >= 4 is 12.2 Å². The van der Waals surface area contributed by atoms with Gasteiger partial charge in [-0.25, -0.2) is 0 Å². The van der Waals surface area contributed by atoms with E-state index in [0.717, 1.165) is 0 Å². The summed E-state index contributed by atoms with van der Waals surface area (Å²) in [6.45, 7) is 5.31. The first kappa shape index (κ1) is 13.1. The van der Waals surface area contributed by atoms with Crippen molar-refractivity contribution in [1.82, 2.24) is 5.32 Å². The number of hydrogen-bond acceptors (Lipinski definition) is 2. The van der Waals surface area contributed by atoms with Crippen LogP contribution in [0.25, 0.3) is 0 Å². The smallest absolute Gasteiger partial charge is 0.251 e. The van der Waals surface area contributed by atoms with Crippen LogP contribution in [0.1, 0.15) is 6.92 Å². The molecule has 0 aliphatic rings. The van der Waals surface area contributed by atoms with E-state index in [0.29, 0.717) is 17.4 Å². The van der Waals surface area contributed by atoms with E-state index in [4.69, 9.17) is 0 Å². The van der Waals surface area contributed by atoms with Crippen molar-refractivity contribution in [3.8, 4) is 0 Å². The summed E-state index contributed by atoms with van der Waals surface area (Å²) in [5.41, 5.74) is 0.632. The van der Waals surface area contributed by atoms with Gasteiger partial charge in [0, 0.05) is 18.2 Å². The lowest BCUT2D eigenvalue weighted by atomic mass is 10.1. The van der Waals surface area contributed by atoms with E-state index in [-0.39, 0.29) is 5.91 Å². The second-order valence-corrected chi connectivity index (χ2v) is 2.66. The molecule has 0 radical (unpaired) electrons. The number of carbonyl (C=O) groups excluding carboxylic acids is 2. The Balaban J connectivity index is 5.25. The van der Waals surface area contributed by atoms with Gasteiger partial charge in [0.2, 0.25) is 0 Å². The van der Waals surface area contributed by atoms with Crippen LogP contribution in [0.3, 0.4) is 0 Å². The third-order valence-corrected chi connectivity index (χ3v) is 1.66. The third-order valence-electron chi connectivity index (χ3n) is 1.66. The van der Waals surface area contributed by atoms with E-state index in [1.807, 2.05) is 6.92 Å². The maximum absolute atomic E-state index is 11.4. The van der Waals surface area contributed by atoms with Crippen LogP contribution in [-0.2, 0) is 9.59 Å². The van der Waals surface area contributed by atoms with Crippen LogP contribution in [0.5, 0.6) is 0 Å². The topological polar surface area (TPSA) is 46.2 Å². The summed E-state index contributed by atoms with van der Waals surface area (Å²) in [6, 6.07) is 0. The van der Waals surface area contributed by atoms with Gasteiger partial charge in [0.15, 0.2) is 6.29 Å². The molecular formula is C12H15NO2. The quantitative estimate of drug-likeness (QED) is 0.420. The number of likely N-dealkylation sites (N-methyl/N-ethyl adjacent to an activating group) is 1. The minimum absolute atomic E-state index is 0.298. The van der Waals surface area contributed by atoms with Crippen LogP contribution in [0, 0.1) is 0 Å². The summed E-state index contributed by atoms with van der Waals surface area (Å²) in [5, 5.41) is 2.47. The van der Waals surface area contributed by atoms with Crippen molar-refractivity contribution in [3.63, 3.8) is 0 Å². The number of nitrogens with one attached hydrogen (secondary N) is 1. The molecule has 0 aromatic carbocycles. The van der Waals surface area contributed by atoms with E-state index in [2.05, 4.69) is 11.9 Å². The zero-order valence-corrected chi connectivity index (χ0v) is 8.99. The van der Waals surface area contributed by atoms with Crippen molar-refractivity contribution in [2.75, 3.05) is 7.05 Å². The molecule has 0 aliphatic heterocycles. The average molecular weight is 205 g/mol. The fraction of sp³-hybridized carbons (Fsp3) is 0.167. The zero-order chi connectivity index (χ0) is 11.7. The van der Waals surface area contributed by atoms with Gasteiger partial charge in [-0.15, -0.1) is 0 Å². The molecule has 0 aromatic heterocycles. The van der Waals surface area contributed by atoms with E-state index in [1.165, 1.54) is 19.2 Å². The number of allylic oxidation sites excluding steroid dienone is 5. The summed E-state index contributed by atoms with van der Waals surface area (Å²) in [4.78, 5) is 22.2. The van der Waals surface area contributed by atoms with Crippen LogP contribution in [-0.4, -0.2) is 19.2 Å². The second kappa shape index (κ2) is 7.50. The van der Waals surface area contributed by atoms with Crippen LogP contribution in [0.4, 0.5) is 0 Å². The molecule has 0 heterocycles. The minimum atomic E-state index is -0.298. The summed E-state index contributed by atoms with van der Waals surface area (Å²) in [6.07, 6.45) is 8.66. The lowest BCUT2D eigenvalue weighted by molar-refractivity contribution is -0.117. The first-order chi connectivity index (χ1) is 7.21. The highest BCUT2D eigenvalue weighted by Gasteiger charge is 2.10. The van der Waals surface area contributed by atoms with Crippen molar-refractivity contribution in [1.29, 1.82) is 0 Å². The summed E-state index contributed by atoms with van der Waals surface area (Å²) in [7, 11) is 1.52. The molecule has 0 aliphatic carbocycles. The standard InChI is InChI=1S/C12H15NO2/c1-4-6-8-11(12(15)13-3)10(9-14)7-5-2/h4-9H,2H2,1,3H3,(H,13,15)/b6-4-,10-7-,11-8+. The number of rotatable bonds is 5. The highest BCUT2D eigenvalue weighted by Crippen LogP contribution is 2.08. The van der Waals surface area contributed by atoms with Crippen molar-refractivity contribution < 1.29 is 9.59 Å². The molecule has 0 saturated heterocycles. The Hall–Kier alpha value is -1.90. The Morgan fingerprint density at radius 3 is 2.40 bits per heavy atom. The molecule has 0 atom stereocenters. The molecule has 0 spiro atoms. The largest absolute Gasteiger partial charge is 0.355 e. The molecule has 3 nitrogen and oxygen atoms in total. The molecule has 15 heavy (non-hydrogen) atoms. The molecule has 0 rings (SSSR count). The number of amides is 1. The van der Waals surface area contributed by atoms with Crippen LogP contribution >= 0.6 is 0 Å². The normalized spacial score (nSPS) is 12.7. The molecule has 0 fully saturated rings.